The Morgan fingerprint density at radius 2 is 1.83 bits per heavy atom. The Morgan fingerprint density at radius 3 is 2.17 bits per heavy atom. The minimum atomic E-state index is -0.0518. The number of hydrogen-bond donors (Lipinski definition) is 1. The first-order chi connectivity index (χ1) is 5.49. The number of hydrogen-bond acceptors (Lipinski definition) is 2. The monoisotopic (exact) mass is 172 g/mol. The molecule has 2 nitrogen and oxygen atoms in total. The molecule has 0 atom stereocenters. The van der Waals surface area contributed by atoms with Crippen LogP contribution in [0.25, 0.3) is 0 Å². The lowest BCUT2D eigenvalue weighted by molar-refractivity contribution is 0.233. The van der Waals surface area contributed by atoms with E-state index in [2.05, 4.69) is 32.6 Å². The lowest BCUT2D eigenvalue weighted by Crippen LogP contribution is -2.45. The number of likely N-dealkylation sites (N-methyl/N-ethyl adjacent to an activating group) is 1. The summed E-state index contributed by atoms with van der Waals surface area (Å²) < 4.78 is 0. The molecular weight excluding hydrogens is 148 g/mol. The molecule has 0 aromatic heterocycles. The van der Waals surface area contributed by atoms with Crippen molar-refractivity contribution in [2.75, 3.05) is 19.6 Å². The van der Waals surface area contributed by atoms with Crippen LogP contribution in [0.5, 0.6) is 0 Å². The van der Waals surface area contributed by atoms with Crippen LogP contribution in [0.4, 0.5) is 0 Å². The highest BCUT2D eigenvalue weighted by Gasteiger charge is 2.14. The second-order valence-electron chi connectivity index (χ2n) is 4.21. The van der Waals surface area contributed by atoms with Crippen LogP contribution in [0.3, 0.4) is 0 Å². The summed E-state index contributed by atoms with van der Waals surface area (Å²) in [6.07, 6.45) is 2.55. The minimum absolute atomic E-state index is 0.0518. The first-order valence-corrected chi connectivity index (χ1v) is 5.01. The lowest BCUT2D eigenvalue weighted by atomic mass is 10.1. The highest BCUT2D eigenvalue weighted by molar-refractivity contribution is 4.76. The van der Waals surface area contributed by atoms with Crippen molar-refractivity contribution < 1.29 is 0 Å². The van der Waals surface area contributed by atoms with Crippen molar-refractivity contribution in [2.45, 2.75) is 46.1 Å². The molecule has 2 heteroatoms. The fraction of sp³-hybridized carbons (Fsp3) is 1.00. The smallest absolute Gasteiger partial charge is 0.0226 e. The third-order valence-electron chi connectivity index (χ3n) is 1.91. The van der Waals surface area contributed by atoms with Gasteiger partial charge in [0.15, 0.2) is 0 Å². The van der Waals surface area contributed by atoms with Crippen molar-refractivity contribution in [3.8, 4) is 0 Å². The quantitative estimate of drug-likeness (QED) is 0.662. The molecule has 0 aromatic carbocycles. The first-order valence-electron chi connectivity index (χ1n) is 5.01. The van der Waals surface area contributed by atoms with E-state index in [-0.39, 0.29) is 5.54 Å². The van der Waals surface area contributed by atoms with Crippen molar-refractivity contribution in [3.63, 3.8) is 0 Å². The van der Waals surface area contributed by atoms with E-state index in [9.17, 15) is 0 Å². The van der Waals surface area contributed by atoms with Crippen LogP contribution in [0.2, 0.25) is 0 Å². The minimum Gasteiger partial charge on any atom is -0.324 e. The molecule has 0 spiro atoms. The SMILES string of the molecule is CCCCN(CC)CC(C)(C)N. The van der Waals surface area contributed by atoms with E-state index in [1.807, 2.05) is 0 Å². The van der Waals surface area contributed by atoms with E-state index in [1.54, 1.807) is 0 Å². The molecule has 2 N–H and O–H groups in total. The van der Waals surface area contributed by atoms with Crippen LogP contribution in [-0.4, -0.2) is 30.1 Å². The molecule has 0 aliphatic rings. The summed E-state index contributed by atoms with van der Waals surface area (Å²) >= 11 is 0. The highest BCUT2D eigenvalue weighted by Crippen LogP contribution is 2.02. The molecule has 0 aliphatic carbocycles. The van der Waals surface area contributed by atoms with Gasteiger partial charge in [0.25, 0.3) is 0 Å². The number of unbranched alkanes of at least 4 members (excludes halogenated alkanes) is 1. The summed E-state index contributed by atoms with van der Waals surface area (Å²) in [6, 6.07) is 0. The largest absolute Gasteiger partial charge is 0.324 e. The third kappa shape index (κ3) is 6.62. The zero-order valence-electron chi connectivity index (χ0n) is 9.06. The summed E-state index contributed by atoms with van der Waals surface area (Å²) in [5, 5.41) is 0. The molecule has 0 bridgehead atoms. The van der Waals surface area contributed by atoms with Crippen molar-refractivity contribution in [2.24, 2.45) is 5.73 Å². The summed E-state index contributed by atoms with van der Waals surface area (Å²) in [5.74, 6) is 0. The summed E-state index contributed by atoms with van der Waals surface area (Å²) in [6.45, 7) is 11.9. The molecule has 0 fully saturated rings. The predicted molar refractivity (Wildman–Crippen MR) is 55.3 cm³/mol. The van der Waals surface area contributed by atoms with Gasteiger partial charge in [-0.1, -0.05) is 20.3 Å². The van der Waals surface area contributed by atoms with Crippen LogP contribution in [0, 0.1) is 0 Å². The molecule has 0 saturated carbocycles. The zero-order valence-corrected chi connectivity index (χ0v) is 9.06. The van der Waals surface area contributed by atoms with Gasteiger partial charge in [-0.05, 0) is 33.4 Å². The van der Waals surface area contributed by atoms with Gasteiger partial charge in [0, 0.05) is 12.1 Å². The van der Waals surface area contributed by atoms with Gasteiger partial charge < -0.3 is 10.6 Å². The Balaban J connectivity index is 3.67. The number of nitrogens with two attached hydrogens (primary N) is 1. The fourth-order valence-corrected chi connectivity index (χ4v) is 1.31. The Hall–Kier alpha value is -0.0800. The molecule has 74 valence electrons. The summed E-state index contributed by atoms with van der Waals surface area (Å²) in [4.78, 5) is 2.42. The van der Waals surface area contributed by atoms with Crippen LogP contribution < -0.4 is 5.73 Å². The van der Waals surface area contributed by atoms with E-state index in [1.165, 1.54) is 19.4 Å². The van der Waals surface area contributed by atoms with Gasteiger partial charge in [-0.25, -0.2) is 0 Å². The average molecular weight is 172 g/mol. The molecule has 0 radical (unpaired) electrons. The van der Waals surface area contributed by atoms with Gasteiger partial charge in [-0.3, -0.25) is 0 Å². The van der Waals surface area contributed by atoms with Gasteiger partial charge in [0.05, 0.1) is 0 Å². The van der Waals surface area contributed by atoms with E-state index >= 15 is 0 Å². The average Bonchev–Trinajstić information content (AvgIpc) is 1.95. The van der Waals surface area contributed by atoms with Crippen LogP contribution in [0.1, 0.15) is 40.5 Å². The maximum Gasteiger partial charge on any atom is 0.0226 e. The van der Waals surface area contributed by atoms with E-state index in [4.69, 9.17) is 5.73 Å². The Bertz CT molecular complexity index is 105. The van der Waals surface area contributed by atoms with Crippen molar-refractivity contribution in [1.82, 2.24) is 4.90 Å². The summed E-state index contributed by atoms with van der Waals surface area (Å²) in [7, 11) is 0. The fourth-order valence-electron chi connectivity index (χ4n) is 1.31. The normalized spacial score (nSPS) is 12.5. The van der Waals surface area contributed by atoms with Gasteiger partial charge in [0.1, 0.15) is 0 Å². The number of nitrogens with zero attached hydrogens (tertiary/aromatic N) is 1. The van der Waals surface area contributed by atoms with Crippen molar-refractivity contribution in [3.05, 3.63) is 0 Å². The van der Waals surface area contributed by atoms with Crippen LogP contribution in [-0.2, 0) is 0 Å². The standard InChI is InChI=1S/C10H24N2/c1-5-7-8-12(6-2)9-10(3,4)11/h5-9,11H2,1-4H3. The molecule has 0 aromatic rings. The third-order valence-corrected chi connectivity index (χ3v) is 1.91. The molecule has 0 amide bonds. The maximum atomic E-state index is 5.94. The number of rotatable bonds is 6. The molecular formula is C10H24N2. The van der Waals surface area contributed by atoms with Gasteiger partial charge >= 0.3 is 0 Å². The zero-order chi connectivity index (χ0) is 9.61. The second-order valence-corrected chi connectivity index (χ2v) is 4.21. The van der Waals surface area contributed by atoms with E-state index in [0.29, 0.717) is 0 Å². The molecule has 0 unspecified atom stereocenters. The van der Waals surface area contributed by atoms with E-state index in [0.717, 1.165) is 13.1 Å². The summed E-state index contributed by atoms with van der Waals surface area (Å²) in [5.41, 5.74) is 5.89. The lowest BCUT2D eigenvalue weighted by Gasteiger charge is -2.28. The molecule has 0 rings (SSSR count). The van der Waals surface area contributed by atoms with Crippen LogP contribution >= 0.6 is 0 Å². The Morgan fingerprint density at radius 1 is 1.25 bits per heavy atom. The Labute approximate surface area is 77.1 Å². The highest BCUT2D eigenvalue weighted by atomic mass is 15.1. The predicted octanol–water partition coefficient (Wildman–Crippen LogP) is 1.85. The topological polar surface area (TPSA) is 29.3 Å². The van der Waals surface area contributed by atoms with Gasteiger partial charge in [0.2, 0.25) is 0 Å². The molecule has 0 saturated heterocycles. The first kappa shape index (κ1) is 11.9. The van der Waals surface area contributed by atoms with Crippen molar-refractivity contribution >= 4 is 0 Å². The van der Waals surface area contributed by atoms with Crippen molar-refractivity contribution in [1.29, 1.82) is 0 Å². The Kier molecular flexibility index (Phi) is 5.51. The van der Waals surface area contributed by atoms with Gasteiger partial charge in [-0.15, -0.1) is 0 Å². The molecule has 12 heavy (non-hydrogen) atoms. The van der Waals surface area contributed by atoms with Crippen LogP contribution in [0.15, 0.2) is 0 Å². The molecule has 0 heterocycles. The molecule has 0 aliphatic heterocycles. The van der Waals surface area contributed by atoms with E-state index < -0.39 is 0 Å². The maximum absolute atomic E-state index is 5.94. The van der Waals surface area contributed by atoms with Gasteiger partial charge in [-0.2, -0.15) is 0 Å². The second kappa shape index (κ2) is 5.55.